The van der Waals surface area contributed by atoms with Crippen molar-refractivity contribution >= 4 is 28.5 Å². The summed E-state index contributed by atoms with van der Waals surface area (Å²) in [4.78, 5) is 31.5. The molecule has 0 fully saturated rings. The number of rotatable bonds is 5. The number of hydrogen-bond acceptors (Lipinski definition) is 3. The maximum atomic E-state index is 13.6. The van der Waals surface area contributed by atoms with Crippen molar-refractivity contribution < 1.29 is 14.3 Å². The Labute approximate surface area is 204 Å². The highest BCUT2D eigenvalue weighted by Gasteiger charge is 2.28. The van der Waals surface area contributed by atoms with E-state index in [1.165, 1.54) is 0 Å². The summed E-state index contributed by atoms with van der Waals surface area (Å²) in [5.74, 6) is -0.456. The van der Waals surface area contributed by atoms with Gasteiger partial charge in [-0.3, -0.25) is 4.90 Å². The number of nitrogens with zero attached hydrogens (tertiary/aromatic N) is 1. The number of carbonyl (C=O) groups excluding carboxylic acids is 2. The zero-order valence-electron chi connectivity index (χ0n) is 19.5. The minimum atomic E-state index is -0.456. The Morgan fingerprint density at radius 3 is 2.23 bits per heavy atom. The Balaban J connectivity index is 1.50. The van der Waals surface area contributed by atoms with E-state index < -0.39 is 5.97 Å². The molecule has 2 N–H and O–H groups in total. The molecule has 1 aliphatic rings. The Morgan fingerprint density at radius 1 is 0.943 bits per heavy atom. The maximum absolute atomic E-state index is 13.6. The molecule has 2 heterocycles. The number of hydrogen-bond donors (Lipinski definition) is 2. The molecule has 1 aromatic heterocycles. The standard InChI is InChI=1S/C29H27N3O3/c1-2-35-28(33)24-19-32(18-17-23-22-15-9-10-16-25(22)30-27(23)24)29(34)31-26(20-11-5-3-6-12-20)21-13-7-4-8-14-21/h3-16,19,26,30H,2,17-18H2,1H3,(H,31,34). The molecule has 0 bridgehead atoms. The number of esters is 1. The average Bonchev–Trinajstić information content (AvgIpc) is 3.15. The molecule has 5 rings (SSSR count). The number of para-hydroxylation sites is 1. The average molecular weight is 466 g/mol. The number of nitrogens with one attached hydrogen (secondary N) is 2. The van der Waals surface area contributed by atoms with E-state index in [0.717, 1.165) is 27.6 Å². The van der Waals surface area contributed by atoms with Crippen molar-refractivity contribution in [2.75, 3.05) is 13.2 Å². The van der Waals surface area contributed by atoms with Crippen LogP contribution in [0.25, 0.3) is 16.5 Å². The zero-order chi connectivity index (χ0) is 24.2. The maximum Gasteiger partial charge on any atom is 0.341 e. The molecular weight excluding hydrogens is 438 g/mol. The molecule has 0 saturated carbocycles. The summed E-state index contributed by atoms with van der Waals surface area (Å²) in [6, 6.07) is 27.1. The van der Waals surface area contributed by atoms with Crippen molar-refractivity contribution in [1.29, 1.82) is 0 Å². The first-order valence-corrected chi connectivity index (χ1v) is 11.8. The Bertz CT molecular complexity index is 1340. The molecule has 1 aliphatic heterocycles. The van der Waals surface area contributed by atoms with Crippen LogP contribution in [0.1, 0.15) is 35.3 Å². The number of benzene rings is 3. The smallest absolute Gasteiger partial charge is 0.341 e. The minimum Gasteiger partial charge on any atom is -0.462 e. The number of carbonyl (C=O) groups is 2. The van der Waals surface area contributed by atoms with Gasteiger partial charge in [-0.05, 0) is 36.1 Å². The van der Waals surface area contributed by atoms with Gasteiger partial charge in [0.05, 0.1) is 23.9 Å². The van der Waals surface area contributed by atoms with Gasteiger partial charge in [0.2, 0.25) is 0 Å². The first-order chi connectivity index (χ1) is 17.2. The predicted molar refractivity (Wildman–Crippen MR) is 137 cm³/mol. The van der Waals surface area contributed by atoms with Crippen molar-refractivity contribution in [2.24, 2.45) is 0 Å². The molecule has 176 valence electrons. The number of urea groups is 1. The Hall–Kier alpha value is -4.32. The van der Waals surface area contributed by atoms with E-state index in [9.17, 15) is 9.59 Å². The van der Waals surface area contributed by atoms with E-state index in [2.05, 4.69) is 10.3 Å². The highest BCUT2D eigenvalue weighted by molar-refractivity contribution is 6.18. The van der Waals surface area contributed by atoms with Crippen LogP contribution in [0.4, 0.5) is 4.79 Å². The number of aromatic nitrogens is 1. The molecule has 3 aromatic carbocycles. The molecule has 0 saturated heterocycles. The quantitative estimate of drug-likeness (QED) is 0.386. The largest absolute Gasteiger partial charge is 0.462 e. The second-order valence-corrected chi connectivity index (χ2v) is 8.43. The number of amides is 2. The van der Waals surface area contributed by atoms with Crippen LogP contribution in [0.5, 0.6) is 0 Å². The zero-order valence-corrected chi connectivity index (χ0v) is 19.5. The van der Waals surface area contributed by atoms with Gasteiger partial charge in [-0.25, -0.2) is 9.59 Å². The van der Waals surface area contributed by atoms with E-state index in [1.807, 2.05) is 84.9 Å². The van der Waals surface area contributed by atoms with Crippen LogP contribution in [0.15, 0.2) is 91.1 Å². The van der Waals surface area contributed by atoms with Crippen LogP contribution in [-0.2, 0) is 16.0 Å². The highest BCUT2D eigenvalue weighted by Crippen LogP contribution is 2.32. The summed E-state index contributed by atoms with van der Waals surface area (Å²) >= 11 is 0. The second kappa shape index (κ2) is 9.89. The molecule has 0 aliphatic carbocycles. The summed E-state index contributed by atoms with van der Waals surface area (Å²) in [7, 11) is 0. The van der Waals surface area contributed by atoms with Gasteiger partial charge in [0.15, 0.2) is 0 Å². The van der Waals surface area contributed by atoms with Crippen LogP contribution in [0, 0.1) is 0 Å². The normalized spacial score (nSPS) is 13.2. The minimum absolute atomic E-state index is 0.252. The lowest BCUT2D eigenvalue weighted by molar-refractivity contribution is -0.136. The van der Waals surface area contributed by atoms with Crippen LogP contribution < -0.4 is 5.32 Å². The molecule has 35 heavy (non-hydrogen) atoms. The molecule has 6 heteroatoms. The van der Waals surface area contributed by atoms with Crippen LogP contribution in [-0.4, -0.2) is 35.0 Å². The van der Waals surface area contributed by atoms with E-state index in [1.54, 1.807) is 18.0 Å². The van der Waals surface area contributed by atoms with Gasteiger partial charge in [-0.1, -0.05) is 78.9 Å². The monoisotopic (exact) mass is 465 g/mol. The van der Waals surface area contributed by atoms with Crippen LogP contribution in [0.3, 0.4) is 0 Å². The molecule has 0 spiro atoms. The third-order valence-corrected chi connectivity index (χ3v) is 6.26. The predicted octanol–water partition coefficient (Wildman–Crippen LogP) is 5.43. The van der Waals surface area contributed by atoms with Crippen molar-refractivity contribution in [2.45, 2.75) is 19.4 Å². The number of fused-ring (bicyclic) bond motifs is 3. The molecule has 0 unspecified atom stereocenters. The van der Waals surface area contributed by atoms with E-state index in [0.29, 0.717) is 24.2 Å². The summed E-state index contributed by atoms with van der Waals surface area (Å²) < 4.78 is 5.35. The lowest BCUT2D eigenvalue weighted by Gasteiger charge is -2.25. The van der Waals surface area contributed by atoms with Gasteiger partial charge < -0.3 is 15.0 Å². The lowest BCUT2D eigenvalue weighted by atomic mass is 9.99. The van der Waals surface area contributed by atoms with Crippen molar-refractivity contribution in [1.82, 2.24) is 15.2 Å². The summed E-state index contributed by atoms with van der Waals surface area (Å²) in [5.41, 5.74) is 4.99. The number of aromatic amines is 1. The van der Waals surface area contributed by atoms with Crippen molar-refractivity contribution in [3.05, 3.63) is 114 Å². The Kier molecular flexibility index (Phi) is 6.35. The molecule has 0 radical (unpaired) electrons. The summed E-state index contributed by atoms with van der Waals surface area (Å²) in [6.45, 7) is 2.46. The van der Waals surface area contributed by atoms with Gasteiger partial charge in [-0.15, -0.1) is 0 Å². The molecular formula is C29H27N3O3. The molecule has 0 atom stereocenters. The fourth-order valence-electron chi connectivity index (χ4n) is 4.59. The number of ether oxygens (including phenoxy) is 1. The highest BCUT2D eigenvalue weighted by atomic mass is 16.5. The van der Waals surface area contributed by atoms with E-state index >= 15 is 0 Å². The fourth-order valence-corrected chi connectivity index (χ4v) is 4.59. The summed E-state index contributed by atoms with van der Waals surface area (Å²) in [6.07, 6.45) is 2.22. The van der Waals surface area contributed by atoms with Crippen LogP contribution >= 0.6 is 0 Å². The van der Waals surface area contributed by atoms with Gasteiger partial charge in [0, 0.05) is 23.6 Å². The third kappa shape index (κ3) is 4.55. The number of H-pyrrole nitrogens is 1. The van der Waals surface area contributed by atoms with Crippen molar-refractivity contribution in [3.8, 4) is 0 Å². The van der Waals surface area contributed by atoms with Gasteiger partial charge in [-0.2, -0.15) is 0 Å². The summed E-state index contributed by atoms with van der Waals surface area (Å²) in [5, 5.41) is 4.22. The van der Waals surface area contributed by atoms with Gasteiger partial charge >= 0.3 is 12.0 Å². The SMILES string of the molecule is CCOC(=O)C1=CN(C(=O)NC(c2ccccc2)c2ccccc2)CCc2c1[nH]c1ccccc21. The van der Waals surface area contributed by atoms with Crippen molar-refractivity contribution in [3.63, 3.8) is 0 Å². The third-order valence-electron chi connectivity index (χ3n) is 6.26. The van der Waals surface area contributed by atoms with Gasteiger partial charge in [0.25, 0.3) is 0 Å². The first kappa shape index (κ1) is 22.5. The van der Waals surface area contributed by atoms with E-state index in [4.69, 9.17) is 4.74 Å². The second-order valence-electron chi connectivity index (χ2n) is 8.43. The lowest BCUT2D eigenvalue weighted by Crippen LogP contribution is -2.40. The van der Waals surface area contributed by atoms with Crippen LogP contribution in [0.2, 0.25) is 0 Å². The van der Waals surface area contributed by atoms with Gasteiger partial charge in [0.1, 0.15) is 0 Å². The Morgan fingerprint density at radius 2 is 1.57 bits per heavy atom. The molecule has 6 nitrogen and oxygen atoms in total. The molecule has 2 amide bonds. The van der Waals surface area contributed by atoms with E-state index in [-0.39, 0.29) is 18.7 Å². The molecule has 4 aromatic rings. The topological polar surface area (TPSA) is 74.4 Å². The first-order valence-electron chi connectivity index (χ1n) is 11.8. The fraction of sp³-hybridized carbons (Fsp3) is 0.172.